The number of carboxylic acids is 1. The predicted molar refractivity (Wildman–Crippen MR) is 226 cm³/mol. The van der Waals surface area contributed by atoms with E-state index in [9.17, 15) is 24.9 Å². The number of rotatable bonds is 15. The zero-order valence-electron chi connectivity index (χ0n) is 37.5. The fourth-order valence-corrected chi connectivity index (χ4v) is 11.4. The summed E-state index contributed by atoms with van der Waals surface area (Å²) in [5.74, 6) is -0.128. The summed E-state index contributed by atoms with van der Waals surface area (Å²) in [6.45, 7) is 20.4. The maximum absolute atomic E-state index is 14.7. The van der Waals surface area contributed by atoms with Crippen molar-refractivity contribution >= 4 is 11.8 Å². The lowest BCUT2D eigenvalue weighted by atomic mass is 9.72. The second-order valence-electron chi connectivity index (χ2n) is 19.2. The van der Waals surface area contributed by atoms with Gasteiger partial charge in [0, 0.05) is 30.1 Å². The van der Waals surface area contributed by atoms with Crippen molar-refractivity contribution in [3.05, 3.63) is 12.2 Å². The van der Waals surface area contributed by atoms with E-state index in [0.717, 1.165) is 12.8 Å². The van der Waals surface area contributed by atoms with Crippen LogP contribution in [0.4, 0.5) is 0 Å². The molecule has 0 radical (unpaired) electrons. The number of aliphatic hydroxyl groups is 2. The maximum atomic E-state index is 14.7. The number of aliphatic hydroxyl groups excluding tert-OH is 1. The first-order valence-electron chi connectivity index (χ1n) is 22.7. The Morgan fingerprint density at radius 2 is 1.56 bits per heavy atom. The Balaban J connectivity index is 1.41. The zero-order chi connectivity index (χ0) is 43.7. The number of ether oxygens (including phenoxy) is 5. The first-order chi connectivity index (χ1) is 27.8. The molecular weight excluding hydrogens is 751 g/mol. The molecule has 3 N–H and O–H groups in total. The molecule has 4 saturated heterocycles. The molecule has 11 nitrogen and oxygen atoms in total. The van der Waals surface area contributed by atoms with Crippen LogP contribution in [0.25, 0.3) is 0 Å². The fraction of sp³-hybridized carbons (Fsp3) is 0.833. The van der Waals surface area contributed by atoms with E-state index in [0.29, 0.717) is 51.4 Å². The minimum absolute atomic E-state index is 0.00463. The zero-order valence-corrected chi connectivity index (χ0v) is 37.5. The molecule has 59 heavy (non-hydrogen) atoms. The van der Waals surface area contributed by atoms with E-state index < -0.39 is 76.8 Å². The molecule has 0 bridgehead atoms. The normalized spacial score (nSPS) is 42.5. The van der Waals surface area contributed by atoms with Crippen molar-refractivity contribution in [3.8, 4) is 24.7 Å². The third kappa shape index (κ3) is 9.25. The second kappa shape index (κ2) is 19.0. The van der Waals surface area contributed by atoms with E-state index in [1.54, 1.807) is 6.92 Å². The van der Waals surface area contributed by atoms with Crippen LogP contribution in [-0.4, -0.2) is 111 Å². The van der Waals surface area contributed by atoms with Crippen molar-refractivity contribution in [1.29, 1.82) is 0 Å². The van der Waals surface area contributed by atoms with Crippen molar-refractivity contribution in [2.75, 3.05) is 13.1 Å². The Morgan fingerprint density at radius 3 is 2.14 bits per heavy atom. The first kappa shape index (κ1) is 47.7. The highest BCUT2D eigenvalue weighted by Crippen LogP contribution is 2.55. The van der Waals surface area contributed by atoms with Gasteiger partial charge in [-0.25, -0.2) is 0 Å². The van der Waals surface area contributed by atoms with Crippen molar-refractivity contribution in [2.45, 2.75) is 199 Å². The van der Waals surface area contributed by atoms with Crippen LogP contribution in [0, 0.1) is 66.1 Å². The molecule has 4 fully saturated rings. The SMILES string of the molecule is C#CCN(CC#C)[C@H]1C=C[C@]2(O[C@H]([C@@H](CC)C(=O)[C@@H](C)[C@@H](O)[C@H](C)[C@@H]3O[C@@H]([C@@H](CC)C(=O)O)CC[C@@H]3C)[C@@H](C)C[C@H]2C)O[C@@]12CC[C@@](C)([C@H]1CC[C@](O)(CC)[C@H](C)O1)O2. The predicted octanol–water partition coefficient (Wildman–Crippen LogP) is 6.76. The van der Waals surface area contributed by atoms with Gasteiger partial charge in [0.15, 0.2) is 11.6 Å². The number of carbonyl (C=O) groups excluding carboxylic acids is 1. The van der Waals surface area contributed by atoms with Crippen LogP contribution in [0.15, 0.2) is 12.2 Å². The van der Waals surface area contributed by atoms with E-state index in [2.05, 4.69) is 45.6 Å². The van der Waals surface area contributed by atoms with E-state index in [1.807, 2.05) is 45.6 Å². The van der Waals surface area contributed by atoms with Crippen LogP contribution in [0.3, 0.4) is 0 Å². The number of carbonyl (C=O) groups is 2. The second-order valence-corrected chi connectivity index (χ2v) is 19.2. The third-order valence-corrected chi connectivity index (χ3v) is 15.4. The molecule has 11 heteroatoms. The average molecular weight is 826 g/mol. The minimum atomic E-state index is -1.23. The van der Waals surface area contributed by atoms with Crippen molar-refractivity contribution < 1.29 is 48.6 Å². The highest BCUT2D eigenvalue weighted by atomic mass is 16.8. The molecule has 2 spiro atoms. The molecule has 0 saturated carbocycles. The summed E-state index contributed by atoms with van der Waals surface area (Å²) < 4.78 is 34.8. The molecule has 5 rings (SSSR count). The highest BCUT2D eigenvalue weighted by molar-refractivity contribution is 5.84. The van der Waals surface area contributed by atoms with Gasteiger partial charge in [-0.05, 0) is 89.5 Å². The van der Waals surface area contributed by atoms with Gasteiger partial charge < -0.3 is 39.0 Å². The minimum Gasteiger partial charge on any atom is -0.481 e. The van der Waals surface area contributed by atoms with Crippen LogP contribution in [-0.2, 0) is 33.3 Å². The number of Topliss-reactive ketones (excluding diaryl/α,β-unsaturated/α-hetero) is 1. The van der Waals surface area contributed by atoms with E-state index in [1.165, 1.54) is 0 Å². The molecule has 332 valence electrons. The maximum Gasteiger partial charge on any atom is 0.309 e. The smallest absolute Gasteiger partial charge is 0.309 e. The lowest BCUT2D eigenvalue weighted by Crippen LogP contribution is -2.65. The lowest BCUT2D eigenvalue weighted by Gasteiger charge is -2.56. The molecule has 18 atom stereocenters. The Labute approximate surface area is 354 Å². The van der Waals surface area contributed by atoms with Crippen LogP contribution in [0.1, 0.15) is 133 Å². The number of hydrogen-bond acceptors (Lipinski definition) is 10. The number of hydrogen-bond donors (Lipinski definition) is 3. The van der Waals surface area contributed by atoms with Crippen LogP contribution in [0.2, 0.25) is 0 Å². The number of aliphatic carboxylic acids is 1. The molecular formula is C48H75NO10. The van der Waals surface area contributed by atoms with Crippen molar-refractivity contribution in [1.82, 2.24) is 4.90 Å². The van der Waals surface area contributed by atoms with Crippen molar-refractivity contribution in [2.24, 2.45) is 41.4 Å². The van der Waals surface area contributed by atoms with E-state index >= 15 is 0 Å². The summed E-state index contributed by atoms with van der Waals surface area (Å²) in [6, 6.07) is -0.434. The highest BCUT2D eigenvalue weighted by Gasteiger charge is 2.64. The van der Waals surface area contributed by atoms with Crippen LogP contribution >= 0.6 is 0 Å². The molecule has 0 aromatic rings. The monoisotopic (exact) mass is 826 g/mol. The molecule has 5 aliphatic rings. The quantitative estimate of drug-likeness (QED) is 0.119. The van der Waals surface area contributed by atoms with Gasteiger partial charge in [0.05, 0.1) is 72.9 Å². The topological polar surface area (TPSA) is 144 Å². The van der Waals surface area contributed by atoms with Gasteiger partial charge in [0.2, 0.25) is 0 Å². The van der Waals surface area contributed by atoms with Gasteiger partial charge in [-0.2, -0.15) is 0 Å². The summed E-state index contributed by atoms with van der Waals surface area (Å²) in [4.78, 5) is 28.7. The number of ketones is 1. The summed E-state index contributed by atoms with van der Waals surface area (Å²) in [7, 11) is 0. The lowest BCUT2D eigenvalue weighted by molar-refractivity contribution is -0.403. The molecule has 5 heterocycles. The largest absolute Gasteiger partial charge is 0.481 e. The van der Waals surface area contributed by atoms with Gasteiger partial charge in [-0.1, -0.05) is 73.3 Å². The van der Waals surface area contributed by atoms with E-state index in [-0.39, 0.29) is 54.9 Å². The Hall–Kier alpha value is -2.32. The summed E-state index contributed by atoms with van der Waals surface area (Å²) in [6.07, 6.45) is 18.9. The summed E-state index contributed by atoms with van der Waals surface area (Å²) >= 11 is 0. The number of terminal acetylenes is 2. The van der Waals surface area contributed by atoms with Crippen LogP contribution in [0.5, 0.6) is 0 Å². The van der Waals surface area contributed by atoms with Crippen molar-refractivity contribution in [3.63, 3.8) is 0 Å². The number of nitrogens with zero attached hydrogens (tertiary/aromatic N) is 1. The van der Waals surface area contributed by atoms with Gasteiger partial charge in [-0.15, -0.1) is 12.8 Å². The number of carboxylic acid groups (broad SMARTS) is 1. The van der Waals surface area contributed by atoms with Gasteiger partial charge >= 0.3 is 5.97 Å². The van der Waals surface area contributed by atoms with Gasteiger partial charge in [0.25, 0.3) is 0 Å². The Morgan fingerprint density at radius 1 is 0.898 bits per heavy atom. The molecule has 0 aromatic heterocycles. The Bertz CT molecular complexity index is 1570. The molecule has 0 unspecified atom stereocenters. The molecule has 0 amide bonds. The molecule has 0 aliphatic carbocycles. The standard InChI is InChI=1S/C48H75NO10/c1-13-26-49(27-14-2)38-20-23-47(59-48(38)25-24-45(12,58-48)39-21-22-46(54,17-5)34(11)55-39)31(8)28-30(7)43(57-47)36(16-4)41(51)32(9)40(50)33(10)42-29(6)18-19-37(56-42)35(15-3)44(52)53/h1-2,20,23,29-40,42-43,50,54H,15-19,21-22,24-28H2,3-12H3,(H,52,53)/t29-,30-,31+,32-,33-,34-,35+,36-,37+,38-,39+,40+,42+,43-,45-,46+,47-,48-/m0/s1. The summed E-state index contributed by atoms with van der Waals surface area (Å²) in [5.41, 5.74) is -1.64. The van der Waals surface area contributed by atoms with Gasteiger partial charge in [-0.3, -0.25) is 14.5 Å². The third-order valence-electron chi connectivity index (χ3n) is 15.4. The molecule has 0 aromatic carbocycles. The molecule has 5 aliphatic heterocycles. The first-order valence-corrected chi connectivity index (χ1v) is 22.7. The van der Waals surface area contributed by atoms with E-state index in [4.69, 9.17) is 36.5 Å². The fourth-order valence-electron chi connectivity index (χ4n) is 11.4. The summed E-state index contributed by atoms with van der Waals surface area (Å²) in [5, 5.41) is 32.9. The average Bonchev–Trinajstić information content (AvgIpc) is 3.54. The Kier molecular flexibility index (Phi) is 15.3. The van der Waals surface area contributed by atoms with Gasteiger partial charge in [0.1, 0.15) is 5.78 Å². The van der Waals surface area contributed by atoms with Crippen LogP contribution < -0.4 is 0 Å².